The molecule has 0 aliphatic heterocycles. The fraction of sp³-hybridized carbons (Fsp3) is 0.0851. The minimum Gasteiger partial charge on any atom is -0.455 e. The van der Waals surface area contributed by atoms with E-state index in [4.69, 9.17) is 9.40 Å². The summed E-state index contributed by atoms with van der Waals surface area (Å²) in [6.07, 6.45) is 4.89. The van der Waals surface area contributed by atoms with Crippen molar-refractivity contribution in [3.63, 3.8) is 0 Å². The van der Waals surface area contributed by atoms with E-state index in [1.807, 2.05) is 0 Å². The van der Waals surface area contributed by atoms with Crippen LogP contribution in [0, 0.1) is 0 Å². The Morgan fingerprint density at radius 1 is 0.480 bits per heavy atom. The minimum atomic E-state index is 0.882. The second kappa shape index (κ2) is 11.7. The van der Waals surface area contributed by atoms with Gasteiger partial charge >= 0.3 is 0 Å². The van der Waals surface area contributed by atoms with E-state index in [-0.39, 0.29) is 0 Å². The van der Waals surface area contributed by atoms with Gasteiger partial charge in [0.05, 0.1) is 16.7 Å². The van der Waals surface area contributed by atoms with E-state index in [0.29, 0.717) is 0 Å². The van der Waals surface area contributed by atoms with Gasteiger partial charge in [-0.1, -0.05) is 121 Å². The van der Waals surface area contributed by atoms with Gasteiger partial charge in [-0.2, -0.15) is 0 Å². The van der Waals surface area contributed by atoms with E-state index in [2.05, 4.69) is 162 Å². The maximum Gasteiger partial charge on any atom is 0.145 e. The largest absolute Gasteiger partial charge is 0.455 e. The van der Waals surface area contributed by atoms with Crippen molar-refractivity contribution >= 4 is 33.0 Å². The molecule has 3 heteroatoms. The number of aryl methyl sites for hydroxylation is 2. The van der Waals surface area contributed by atoms with Crippen LogP contribution in [0.4, 0.5) is 0 Å². The monoisotopic (exact) mass is 642 g/mol. The Kier molecular flexibility index (Phi) is 6.76. The molecule has 0 unspecified atom stereocenters. The molecule has 0 radical (unpaired) electrons. The van der Waals surface area contributed by atoms with Crippen LogP contribution < -0.4 is 0 Å². The first kappa shape index (κ1) is 28.8. The highest BCUT2D eigenvalue weighted by atomic mass is 16.3. The van der Waals surface area contributed by atoms with Gasteiger partial charge < -0.3 is 4.42 Å². The first-order valence-corrected chi connectivity index (χ1v) is 17.6. The number of fused-ring (bicyclic) bond motifs is 5. The molecular weight excluding hydrogens is 609 g/mol. The van der Waals surface area contributed by atoms with Crippen LogP contribution in [0.2, 0.25) is 0 Å². The van der Waals surface area contributed by atoms with E-state index in [1.165, 1.54) is 41.5 Å². The van der Waals surface area contributed by atoms with E-state index in [9.17, 15) is 0 Å². The van der Waals surface area contributed by atoms with Crippen molar-refractivity contribution in [2.24, 2.45) is 0 Å². The zero-order chi connectivity index (χ0) is 33.0. The summed E-state index contributed by atoms with van der Waals surface area (Å²) in [7, 11) is 0. The summed E-state index contributed by atoms with van der Waals surface area (Å²) in [5.74, 6) is 0.899. The van der Waals surface area contributed by atoms with Crippen molar-refractivity contribution in [2.75, 3.05) is 0 Å². The molecule has 0 saturated carbocycles. The van der Waals surface area contributed by atoms with Gasteiger partial charge in [0.1, 0.15) is 17.0 Å². The first-order chi connectivity index (χ1) is 24.8. The smallest absolute Gasteiger partial charge is 0.145 e. The minimum absolute atomic E-state index is 0.882. The van der Waals surface area contributed by atoms with Crippen LogP contribution in [0.15, 0.2) is 162 Å². The van der Waals surface area contributed by atoms with E-state index in [1.54, 1.807) is 0 Å². The molecule has 2 heterocycles. The van der Waals surface area contributed by atoms with Crippen LogP contribution in [0.1, 0.15) is 24.0 Å². The second-order valence-corrected chi connectivity index (χ2v) is 13.4. The number of aromatic nitrogens is 2. The molecule has 0 saturated heterocycles. The highest BCUT2D eigenvalue weighted by Crippen LogP contribution is 2.41. The Morgan fingerprint density at radius 3 is 2.08 bits per heavy atom. The van der Waals surface area contributed by atoms with Crippen molar-refractivity contribution in [1.82, 2.24) is 9.55 Å². The van der Waals surface area contributed by atoms with Crippen molar-refractivity contribution in [3.8, 4) is 50.5 Å². The van der Waals surface area contributed by atoms with Crippen molar-refractivity contribution < 1.29 is 4.42 Å². The van der Waals surface area contributed by atoms with Crippen molar-refractivity contribution in [3.05, 3.63) is 169 Å². The molecule has 0 spiro atoms. The zero-order valence-electron chi connectivity index (χ0n) is 27.6. The second-order valence-electron chi connectivity index (χ2n) is 13.4. The first-order valence-electron chi connectivity index (χ1n) is 17.6. The molecule has 1 aliphatic rings. The molecule has 9 aromatic rings. The zero-order valence-corrected chi connectivity index (χ0v) is 27.6. The lowest BCUT2D eigenvalue weighted by Gasteiger charge is -2.17. The van der Waals surface area contributed by atoms with Gasteiger partial charge in [-0.25, -0.2) is 4.98 Å². The molecule has 0 amide bonds. The van der Waals surface area contributed by atoms with Crippen molar-refractivity contribution in [2.45, 2.75) is 25.7 Å². The summed E-state index contributed by atoms with van der Waals surface area (Å²) >= 11 is 0. The lowest BCUT2D eigenvalue weighted by molar-refractivity contribution is 0.670. The average Bonchev–Trinajstić information content (AvgIpc) is 3.77. The number of hydrogen-bond donors (Lipinski definition) is 0. The standard InChI is InChI=1S/C47H34N2O/c1-3-12-31(13-4-1)35-24-26-38(33-15-5-2-6-16-33)44(30-35)49-43-21-10-9-20-42(43)48-47(49)37-25-27-45-41(29-37)40-19-11-18-39(46(40)50-45)36-23-22-32-14-7-8-17-34(32)28-36/h1-6,9-13,15-16,18-30H,7-8,14,17H2. The van der Waals surface area contributed by atoms with Gasteiger partial charge in [0.25, 0.3) is 0 Å². The highest BCUT2D eigenvalue weighted by Gasteiger charge is 2.21. The maximum absolute atomic E-state index is 6.66. The van der Waals surface area contributed by atoms with Crippen LogP contribution in [-0.2, 0) is 12.8 Å². The maximum atomic E-state index is 6.66. The van der Waals surface area contributed by atoms with E-state index in [0.717, 1.165) is 78.7 Å². The molecule has 10 rings (SSSR count). The number of imidazole rings is 1. The van der Waals surface area contributed by atoms with Crippen LogP contribution >= 0.6 is 0 Å². The lowest BCUT2D eigenvalue weighted by Crippen LogP contribution is -2.02. The molecule has 2 aromatic heterocycles. The Bertz CT molecular complexity index is 2700. The van der Waals surface area contributed by atoms with Gasteiger partial charge in [-0.3, -0.25) is 4.57 Å². The molecule has 0 atom stereocenters. The molecule has 50 heavy (non-hydrogen) atoms. The molecular formula is C47H34N2O. The molecule has 1 aliphatic carbocycles. The normalized spacial score (nSPS) is 12.9. The number of rotatable bonds is 5. The third kappa shape index (κ3) is 4.77. The Hall–Kier alpha value is -6.19. The molecule has 0 bridgehead atoms. The fourth-order valence-electron chi connectivity index (χ4n) is 7.92. The van der Waals surface area contributed by atoms with Gasteiger partial charge in [0.15, 0.2) is 0 Å². The number of furan rings is 1. The fourth-order valence-corrected chi connectivity index (χ4v) is 7.92. The number of para-hydroxylation sites is 3. The van der Waals surface area contributed by atoms with Gasteiger partial charge in [0, 0.05) is 27.5 Å². The summed E-state index contributed by atoms with van der Waals surface area (Å²) in [6.45, 7) is 0. The molecule has 0 fully saturated rings. The van der Waals surface area contributed by atoms with Crippen LogP contribution in [0.5, 0.6) is 0 Å². The molecule has 7 aromatic carbocycles. The predicted octanol–water partition coefficient (Wildman–Crippen LogP) is 12.5. The quantitative estimate of drug-likeness (QED) is 0.187. The number of nitrogens with zero attached hydrogens (tertiary/aromatic N) is 2. The lowest BCUT2D eigenvalue weighted by atomic mass is 9.89. The van der Waals surface area contributed by atoms with Gasteiger partial charge in [-0.15, -0.1) is 0 Å². The molecule has 238 valence electrons. The van der Waals surface area contributed by atoms with Crippen LogP contribution in [0.3, 0.4) is 0 Å². The number of hydrogen-bond acceptors (Lipinski definition) is 2. The Morgan fingerprint density at radius 2 is 1.22 bits per heavy atom. The SMILES string of the molecule is c1ccc(-c2ccc(-c3ccccc3)c(-n3c(-c4ccc5oc6c(-c7ccc8c(c7)CCCC8)cccc6c5c4)nc4ccccc43)c2)cc1. The predicted molar refractivity (Wildman–Crippen MR) is 207 cm³/mol. The van der Waals surface area contributed by atoms with E-state index >= 15 is 0 Å². The number of benzene rings is 7. The third-order valence-electron chi connectivity index (χ3n) is 10.4. The summed E-state index contributed by atoms with van der Waals surface area (Å²) in [5, 5.41) is 2.22. The van der Waals surface area contributed by atoms with Crippen LogP contribution in [0.25, 0.3) is 83.4 Å². The Labute approximate surface area is 291 Å². The molecule has 0 N–H and O–H groups in total. The highest BCUT2D eigenvalue weighted by molar-refractivity contribution is 6.10. The van der Waals surface area contributed by atoms with Crippen LogP contribution in [-0.4, -0.2) is 9.55 Å². The summed E-state index contributed by atoms with van der Waals surface area (Å²) in [4.78, 5) is 5.31. The van der Waals surface area contributed by atoms with E-state index < -0.39 is 0 Å². The van der Waals surface area contributed by atoms with Gasteiger partial charge in [0.2, 0.25) is 0 Å². The Balaban J connectivity index is 1.18. The summed E-state index contributed by atoms with van der Waals surface area (Å²) < 4.78 is 9.00. The van der Waals surface area contributed by atoms with Crippen molar-refractivity contribution in [1.29, 1.82) is 0 Å². The molecule has 3 nitrogen and oxygen atoms in total. The summed E-state index contributed by atoms with van der Waals surface area (Å²) in [6, 6.07) is 56.5. The summed E-state index contributed by atoms with van der Waals surface area (Å²) in [5.41, 5.74) is 16.0. The van der Waals surface area contributed by atoms with Gasteiger partial charge in [-0.05, 0) is 95.5 Å². The average molecular weight is 643 g/mol. The third-order valence-corrected chi connectivity index (χ3v) is 10.4. The topological polar surface area (TPSA) is 31.0 Å².